The van der Waals surface area contributed by atoms with E-state index >= 15 is 0 Å². The fraction of sp³-hybridized carbons (Fsp3) is 0.167. The molecule has 0 saturated heterocycles. The molecule has 0 radical (unpaired) electrons. The topological polar surface area (TPSA) is 47.6 Å². The lowest BCUT2D eigenvalue weighted by atomic mass is 10.1. The highest BCUT2D eigenvalue weighted by Crippen LogP contribution is 2.36. The van der Waals surface area contributed by atoms with Crippen LogP contribution in [0.3, 0.4) is 0 Å². The number of carbonyl (C=O) groups excluding carboxylic acids is 1. The molecule has 6 heteroatoms. The molecular formula is C18H15NO3S2. The number of benzene rings is 1. The number of fused-ring (bicyclic) bond motifs is 1. The van der Waals surface area contributed by atoms with Crippen molar-refractivity contribution in [1.29, 1.82) is 0 Å². The molecule has 3 heterocycles. The Bertz CT molecular complexity index is 855. The number of hydrogen-bond acceptors (Lipinski definition) is 5. The van der Waals surface area contributed by atoms with E-state index in [1.807, 2.05) is 47.8 Å². The molecule has 1 amide bonds. The summed E-state index contributed by atoms with van der Waals surface area (Å²) < 4.78 is 11.2. The lowest BCUT2D eigenvalue weighted by Crippen LogP contribution is -2.21. The smallest absolute Gasteiger partial charge is 0.261 e. The van der Waals surface area contributed by atoms with Crippen LogP contribution in [0, 0.1) is 0 Å². The maximum atomic E-state index is 12.3. The van der Waals surface area contributed by atoms with Gasteiger partial charge in [0.25, 0.3) is 5.91 Å². The van der Waals surface area contributed by atoms with Crippen molar-refractivity contribution in [3.63, 3.8) is 0 Å². The first-order valence-electron chi connectivity index (χ1n) is 7.60. The standard InChI is InChI=1S/C18H15NO3S2/c20-18(19-11-13-2-1-9-23-13)17-6-5-16(24-17)12-3-4-14-15(10-12)22-8-7-21-14/h1-6,9-10H,7-8,11H2,(H,19,20). The summed E-state index contributed by atoms with van der Waals surface area (Å²) in [5.41, 5.74) is 1.03. The molecule has 122 valence electrons. The minimum absolute atomic E-state index is 0.0443. The highest BCUT2D eigenvalue weighted by Gasteiger charge is 2.15. The van der Waals surface area contributed by atoms with Crippen molar-refractivity contribution < 1.29 is 14.3 Å². The van der Waals surface area contributed by atoms with Crippen LogP contribution in [0.25, 0.3) is 10.4 Å². The fourth-order valence-corrected chi connectivity index (χ4v) is 4.04. The molecule has 4 nitrogen and oxygen atoms in total. The monoisotopic (exact) mass is 357 g/mol. The van der Waals surface area contributed by atoms with Crippen LogP contribution in [0.1, 0.15) is 14.5 Å². The first kappa shape index (κ1) is 15.2. The van der Waals surface area contributed by atoms with Gasteiger partial charge >= 0.3 is 0 Å². The highest BCUT2D eigenvalue weighted by atomic mass is 32.1. The predicted molar refractivity (Wildman–Crippen MR) is 96.2 cm³/mol. The van der Waals surface area contributed by atoms with Crippen molar-refractivity contribution in [3.8, 4) is 21.9 Å². The normalized spacial score (nSPS) is 12.8. The van der Waals surface area contributed by atoms with E-state index in [2.05, 4.69) is 5.32 Å². The third kappa shape index (κ3) is 3.16. The average molecular weight is 357 g/mol. The second kappa shape index (κ2) is 6.67. The van der Waals surface area contributed by atoms with E-state index in [0.29, 0.717) is 24.6 Å². The van der Waals surface area contributed by atoms with Gasteiger partial charge in [0.1, 0.15) is 13.2 Å². The zero-order valence-corrected chi connectivity index (χ0v) is 14.4. The van der Waals surface area contributed by atoms with Gasteiger partial charge in [-0.15, -0.1) is 22.7 Å². The Morgan fingerprint density at radius 1 is 1.08 bits per heavy atom. The fourth-order valence-electron chi connectivity index (χ4n) is 2.48. The summed E-state index contributed by atoms with van der Waals surface area (Å²) in [6.07, 6.45) is 0. The van der Waals surface area contributed by atoms with Crippen molar-refractivity contribution in [2.45, 2.75) is 6.54 Å². The van der Waals surface area contributed by atoms with Crippen LogP contribution in [-0.4, -0.2) is 19.1 Å². The maximum Gasteiger partial charge on any atom is 0.261 e. The summed E-state index contributed by atoms with van der Waals surface area (Å²) in [5.74, 6) is 1.49. The third-order valence-electron chi connectivity index (χ3n) is 3.66. The summed E-state index contributed by atoms with van der Waals surface area (Å²) >= 11 is 3.12. The van der Waals surface area contributed by atoms with Crippen LogP contribution in [-0.2, 0) is 6.54 Å². The summed E-state index contributed by atoms with van der Waals surface area (Å²) in [6, 6.07) is 13.7. The summed E-state index contributed by atoms with van der Waals surface area (Å²) in [6.45, 7) is 1.71. The zero-order valence-electron chi connectivity index (χ0n) is 12.8. The third-order valence-corrected chi connectivity index (χ3v) is 5.67. The van der Waals surface area contributed by atoms with Crippen LogP contribution >= 0.6 is 22.7 Å². The molecule has 1 aromatic carbocycles. The lowest BCUT2D eigenvalue weighted by Gasteiger charge is -2.18. The second-order valence-corrected chi connectivity index (χ2v) is 7.40. The molecular weight excluding hydrogens is 342 g/mol. The molecule has 0 saturated carbocycles. The highest BCUT2D eigenvalue weighted by molar-refractivity contribution is 7.17. The second-order valence-electron chi connectivity index (χ2n) is 5.28. The SMILES string of the molecule is O=C(NCc1cccs1)c1ccc(-c2ccc3c(c2)OCCO3)s1. The minimum Gasteiger partial charge on any atom is -0.486 e. The van der Waals surface area contributed by atoms with Crippen molar-refractivity contribution in [3.05, 3.63) is 57.6 Å². The van der Waals surface area contributed by atoms with Crippen LogP contribution < -0.4 is 14.8 Å². The number of carbonyl (C=O) groups is 1. The first-order chi connectivity index (χ1) is 11.8. The van der Waals surface area contributed by atoms with Gasteiger partial charge in [0.05, 0.1) is 11.4 Å². The molecule has 4 rings (SSSR count). The molecule has 0 unspecified atom stereocenters. The molecule has 0 spiro atoms. The lowest BCUT2D eigenvalue weighted by molar-refractivity contribution is 0.0955. The van der Waals surface area contributed by atoms with E-state index in [0.717, 1.165) is 26.8 Å². The van der Waals surface area contributed by atoms with Crippen molar-refractivity contribution in [1.82, 2.24) is 5.32 Å². The summed E-state index contributed by atoms with van der Waals surface area (Å²) in [4.78, 5) is 15.2. The van der Waals surface area contributed by atoms with Crippen LogP contribution in [0.15, 0.2) is 47.8 Å². The number of hydrogen-bond donors (Lipinski definition) is 1. The van der Waals surface area contributed by atoms with Gasteiger partial charge < -0.3 is 14.8 Å². The average Bonchev–Trinajstić information content (AvgIpc) is 3.31. The number of thiophene rings is 2. The van der Waals surface area contributed by atoms with Gasteiger partial charge in [0.15, 0.2) is 11.5 Å². The Kier molecular flexibility index (Phi) is 4.23. The van der Waals surface area contributed by atoms with E-state index in [-0.39, 0.29) is 5.91 Å². The van der Waals surface area contributed by atoms with Crippen molar-refractivity contribution in [2.75, 3.05) is 13.2 Å². The Morgan fingerprint density at radius 2 is 1.96 bits per heavy atom. The molecule has 1 aliphatic rings. The maximum absolute atomic E-state index is 12.3. The van der Waals surface area contributed by atoms with Crippen molar-refractivity contribution in [2.24, 2.45) is 0 Å². The molecule has 0 fully saturated rings. The molecule has 1 aliphatic heterocycles. The number of rotatable bonds is 4. The Morgan fingerprint density at radius 3 is 2.79 bits per heavy atom. The number of nitrogens with one attached hydrogen (secondary N) is 1. The van der Waals surface area contributed by atoms with E-state index in [1.54, 1.807) is 11.3 Å². The van der Waals surface area contributed by atoms with E-state index < -0.39 is 0 Å². The minimum atomic E-state index is -0.0443. The van der Waals surface area contributed by atoms with Crippen LogP contribution in [0.5, 0.6) is 11.5 Å². The van der Waals surface area contributed by atoms with Crippen LogP contribution in [0.4, 0.5) is 0 Å². The Hall–Kier alpha value is -2.31. The molecule has 2 aromatic heterocycles. The van der Waals surface area contributed by atoms with Crippen LogP contribution in [0.2, 0.25) is 0 Å². The van der Waals surface area contributed by atoms with Gasteiger partial charge in [-0.05, 0) is 47.3 Å². The largest absolute Gasteiger partial charge is 0.486 e. The van der Waals surface area contributed by atoms with Crippen molar-refractivity contribution >= 4 is 28.6 Å². The van der Waals surface area contributed by atoms with Gasteiger partial charge in [-0.3, -0.25) is 4.79 Å². The summed E-state index contributed by atoms with van der Waals surface area (Å²) in [5, 5.41) is 4.96. The predicted octanol–water partition coefficient (Wildman–Crippen LogP) is 4.18. The number of amides is 1. The molecule has 1 N–H and O–H groups in total. The summed E-state index contributed by atoms with van der Waals surface area (Å²) in [7, 11) is 0. The molecule has 24 heavy (non-hydrogen) atoms. The Labute approximate surface area is 147 Å². The molecule has 0 aliphatic carbocycles. The van der Waals surface area contributed by atoms with E-state index in [9.17, 15) is 4.79 Å². The quantitative estimate of drug-likeness (QED) is 0.762. The molecule has 0 bridgehead atoms. The zero-order chi connectivity index (χ0) is 16.4. The van der Waals surface area contributed by atoms with Gasteiger partial charge in [0, 0.05) is 9.75 Å². The van der Waals surface area contributed by atoms with Gasteiger partial charge in [-0.1, -0.05) is 6.07 Å². The van der Waals surface area contributed by atoms with Gasteiger partial charge in [0.2, 0.25) is 0 Å². The number of ether oxygens (including phenoxy) is 2. The first-order valence-corrected chi connectivity index (χ1v) is 9.30. The molecule has 0 atom stereocenters. The van der Waals surface area contributed by atoms with Gasteiger partial charge in [-0.25, -0.2) is 0 Å². The Balaban J connectivity index is 1.49. The van der Waals surface area contributed by atoms with Gasteiger partial charge in [-0.2, -0.15) is 0 Å². The molecule has 3 aromatic rings. The van der Waals surface area contributed by atoms with E-state index in [4.69, 9.17) is 9.47 Å². The van der Waals surface area contributed by atoms with E-state index in [1.165, 1.54) is 11.3 Å².